The van der Waals surface area contributed by atoms with Crippen LogP contribution in [0.3, 0.4) is 0 Å². The van der Waals surface area contributed by atoms with Crippen LogP contribution in [0.4, 0.5) is 4.39 Å². The molecular formula is C17H26FN3O2. The van der Waals surface area contributed by atoms with E-state index in [1.807, 2.05) is 6.92 Å². The van der Waals surface area contributed by atoms with Crippen LogP contribution in [-0.4, -0.2) is 38.7 Å². The number of hydrogen-bond donors (Lipinski definition) is 2. The summed E-state index contributed by atoms with van der Waals surface area (Å²) in [5.74, 6) is 0.356. The van der Waals surface area contributed by atoms with Gasteiger partial charge in [-0.05, 0) is 43.9 Å². The third kappa shape index (κ3) is 8.80. The van der Waals surface area contributed by atoms with Crippen molar-refractivity contribution in [1.82, 2.24) is 10.6 Å². The number of unbranched alkanes of at least 4 members (excludes halogenated alkanes) is 1. The zero-order valence-corrected chi connectivity index (χ0v) is 13.9. The maximum atomic E-state index is 12.8. The molecule has 0 aromatic heterocycles. The Bertz CT molecular complexity index is 489. The fourth-order valence-electron chi connectivity index (χ4n) is 1.99. The molecule has 0 heterocycles. The number of nitrogens with zero attached hydrogens (tertiary/aromatic N) is 1. The third-order valence-electron chi connectivity index (χ3n) is 3.25. The zero-order chi connectivity index (χ0) is 16.9. The molecular weight excluding hydrogens is 297 g/mol. The molecule has 5 nitrogen and oxygen atoms in total. The number of ether oxygens (including phenoxy) is 1. The number of carbonyl (C=O) groups is 1. The minimum absolute atomic E-state index is 0.182. The number of hydrogen-bond acceptors (Lipinski definition) is 3. The van der Waals surface area contributed by atoms with Gasteiger partial charge in [0.1, 0.15) is 5.82 Å². The first kappa shape index (κ1) is 18.9. The summed E-state index contributed by atoms with van der Waals surface area (Å²) in [5, 5.41) is 6.42. The smallest absolute Gasteiger partial charge is 0.305 e. The van der Waals surface area contributed by atoms with Crippen LogP contribution in [0, 0.1) is 5.82 Å². The number of benzene rings is 1. The average Bonchev–Trinajstić information content (AvgIpc) is 2.56. The zero-order valence-electron chi connectivity index (χ0n) is 13.9. The lowest BCUT2D eigenvalue weighted by Crippen LogP contribution is -2.38. The molecule has 0 unspecified atom stereocenters. The van der Waals surface area contributed by atoms with E-state index in [9.17, 15) is 9.18 Å². The largest absolute Gasteiger partial charge is 0.469 e. The molecule has 0 saturated carbocycles. The highest BCUT2D eigenvalue weighted by Crippen LogP contribution is 2.02. The summed E-state index contributed by atoms with van der Waals surface area (Å²) in [6, 6.07) is 6.51. The third-order valence-corrected chi connectivity index (χ3v) is 3.25. The first-order chi connectivity index (χ1) is 11.2. The number of carbonyl (C=O) groups excluding carboxylic acids is 1. The van der Waals surface area contributed by atoms with E-state index in [0.29, 0.717) is 13.0 Å². The predicted molar refractivity (Wildman–Crippen MR) is 90.0 cm³/mol. The summed E-state index contributed by atoms with van der Waals surface area (Å²) < 4.78 is 17.4. The number of halogens is 1. The Morgan fingerprint density at radius 2 is 1.96 bits per heavy atom. The second kappa shape index (κ2) is 11.5. The Labute approximate surface area is 137 Å². The Balaban J connectivity index is 2.28. The van der Waals surface area contributed by atoms with Crippen molar-refractivity contribution in [2.45, 2.75) is 32.6 Å². The van der Waals surface area contributed by atoms with Gasteiger partial charge in [-0.2, -0.15) is 0 Å². The highest BCUT2D eigenvalue weighted by atomic mass is 19.1. The molecule has 1 aromatic carbocycles. The van der Waals surface area contributed by atoms with E-state index in [-0.39, 0.29) is 11.8 Å². The van der Waals surface area contributed by atoms with Crippen LogP contribution in [0.5, 0.6) is 0 Å². The van der Waals surface area contributed by atoms with Crippen LogP contribution in [-0.2, 0) is 16.0 Å². The lowest BCUT2D eigenvalue weighted by atomic mass is 10.1. The summed E-state index contributed by atoms with van der Waals surface area (Å²) in [5.41, 5.74) is 1.08. The fraction of sp³-hybridized carbons (Fsp3) is 0.529. The molecule has 0 fully saturated rings. The molecule has 0 radical (unpaired) electrons. The number of aliphatic imine (C=N–C) groups is 1. The van der Waals surface area contributed by atoms with Crippen molar-refractivity contribution in [3.63, 3.8) is 0 Å². The predicted octanol–water partition coefficient (Wildman–Crippen LogP) is 2.27. The molecule has 1 rings (SSSR count). The summed E-state index contributed by atoms with van der Waals surface area (Å²) in [4.78, 5) is 15.5. The molecule has 0 atom stereocenters. The first-order valence-corrected chi connectivity index (χ1v) is 7.99. The second-order valence-corrected chi connectivity index (χ2v) is 5.10. The van der Waals surface area contributed by atoms with E-state index in [0.717, 1.165) is 43.9 Å². The van der Waals surface area contributed by atoms with Gasteiger partial charge in [-0.3, -0.25) is 9.79 Å². The van der Waals surface area contributed by atoms with Gasteiger partial charge in [-0.1, -0.05) is 12.1 Å². The number of rotatable bonds is 9. The van der Waals surface area contributed by atoms with Gasteiger partial charge in [0.2, 0.25) is 0 Å². The Hall–Kier alpha value is -2.11. The minimum atomic E-state index is -0.219. The van der Waals surface area contributed by atoms with Crippen molar-refractivity contribution in [1.29, 1.82) is 0 Å². The number of esters is 1. The van der Waals surface area contributed by atoms with Crippen molar-refractivity contribution >= 4 is 11.9 Å². The summed E-state index contributed by atoms with van der Waals surface area (Å²) >= 11 is 0. The fourth-order valence-corrected chi connectivity index (χ4v) is 1.99. The van der Waals surface area contributed by atoms with Crippen molar-refractivity contribution in [3.05, 3.63) is 35.6 Å². The normalized spacial score (nSPS) is 11.2. The molecule has 0 saturated heterocycles. The standard InChI is InChI=1S/C17H26FN3O2/c1-3-19-17(20-12-5-4-6-16(22)23-2)21-13-11-14-7-9-15(18)10-8-14/h7-10H,3-6,11-13H2,1-2H3,(H2,19,20,21). The average molecular weight is 323 g/mol. The molecule has 0 bridgehead atoms. The van der Waals surface area contributed by atoms with E-state index < -0.39 is 0 Å². The van der Waals surface area contributed by atoms with Gasteiger partial charge in [0.25, 0.3) is 0 Å². The van der Waals surface area contributed by atoms with E-state index in [2.05, 4.69) is 20.4 Å². The highest BCUT2D eigenvalue weighted by Gasteiger charge is 2.00. The van der Waals surface area contributed by atoms with Crippen LogP contribution in [0.1, 0.15) is 31.7 Å². The Kier molecular flexibility index (Phi) is 9.43. The molecule has 128 valence electrons. The maximum Gasteiger partial charge on any atom is 0.305 e. The van der Waals surface area contributed by atoms with Crippen molar-refractivity contribution in [2.24, 2.45) is 4.99 Å². The van der Waals surface area contributed by atoms with E-state index in [1.165, 1.54) is 19.2 Å². The highest BCUT2D eigenvalue weighted by molar-refractivity contribution is 5.79. The number of methoxy groups -OCH3 is 1. The molecule has 0 aliphatic heterocycles. The van der Waals surface area contributed by atoms with Crippen molar-refractivity contribution in [2.75, 3.05) is 26.7 Å². The SMILES string of the molecule is CCNC(=NCCCCC(=O)OC)NCCc1ccc(F)cc1. The summed E-state index contributed by atoms with van der Waals surface area (Å²) in [6.07, 6.45) is 2.84. The molecule has 0 aliphatic rings. The Morgan fingerprint density at radius 3 is 2.61 bits per heavy atom. The molecule has 6 heteroatoms. The van der Waals surface area contributed by atoms with E-state index in [4.69, 9.17) is 0 Å². The minimum Gasteiger partial charge on any atom is -0.469 e. The van der Waals surface area contributed by atoms with Gasteiger partial charge >= 0.3 is 5.97 Å². The van der Waals surface area contributed by atoms with Crippen molar-refractivity contribution in [3.8, 4) is 0 Å². The number of guanidine groups is 1. The van der Waals surface area contributed by atoms with Crippen LogP contribution in [0.2, 0.25) is 0 Å². The van der Waals surface area contributed by atoms with E-state index in [1.54, 1.807) is 12.1 Å². The monoisotopic (exact) mass is 323 g/mol. The van der Waals surface area contributed by atoms with Gasteiger partial charge in [0.15, 0.2) is 5.96 Å². The van der Waals surface area contributed by atoms with Gasteiger partial charge < -0.3 is 15.4 Å². The van der Waals surface area contributed by atoms with E-state index >= 15 is 0 Å². The molecule has 2 N–H and O–H groups in total. The van der Waals surface area contributed by atoms with Crippen LogP contribution in [0.25, 0.3) is 0 Å². The lowest BCUT2D eigenvalue weighted by Gasteiger charge is -2.11. The van der Waals surface area contributed by atoms with Gasteiger partial charge in [-0.15, -0.1) is 0 Å². The molecule has 0 amide bonds. The van der Waals surface area contributed by atoms with Crippen LogP contribution in [0.15, 0.2) is 29.3 Å². The summed E-state index contributed by atoms with van der Waals surface area (Å²) in [7, 11) is 1.40. The number of nitrogens with one attached hydrogen (secondary N) is 2. The van der Waals surface area contributed by atoms with Gasteiger partial charge in [-0.25, -0.2) is 4.39 Å². The Morgan fingerprint density at radius 1 is 1.22 bits per heavy atom. The lowest BCUT2D eigenvalue weighted by molar-refractivity contribution is -0.140. The second-order valence-electron chi connectivity index (χ2n) is 5.10. The topological polar surface area (TPSA) is 62.7 Å². The van der Waals surface area contributed by atoms with Gasteiger partial charge in [0, 0.05) is 26.1 Å². The van der Waals surface area contributed by atoms with Gasteiger partial charge in [0.05, 0.1) is 7.11 Å². The first-order valence-electron chi connectivity index (χ1n) is 7.99. The summed E-state index contributed by atoms with van der Waals surface area (Å²) in [6.45, 7) is 4.17. The van der Waals surface area contributed by atoms with Crippen LogP contribution >= 0.6 is 0 Å². The molecule has 1 aromatic rings. The van der Waals surface area contributed by atoms with Crippen molar-refractivity contribution < 1.29 is 13.9 Å². The maximum absolute atomic E-state index is 12.8. The molecule has 0 aliphatic carbocycles. The molecule has 0 spiro atoms. The van der Waals surface area contributed by atoms with Crippen LogP contribution < -0.4 is 10.6 Å². The molecule has 23 heavy (non-hydrogen) atoms. The quantitative estimate of drug-likeness (QED) is 0.317.